The average Bonchev–Trinajstić information content (AvgIpc) is 2.56. The highest BCUT2D eigenvalue weighted by molar-refractivity contribution is 5.83. The lowest BCUT2D eigenvalue weighted by Gasteiger charge is -1.97. The quantitative estimate of drug-likeness (QED) is 0.310. The van der Waals surface area contributed by atoms with E-state index in [0.29, 0.717) is 0 Å². The van der Waals surface area contributed by atoms with Crippen molar-refractivity contribution < 1.29 is 0 Å². The molecule has 0 radical (unpaired) electrons. The van der Waals surface area contributed by atoms with Crippen molar-refractivity contribution >= 4 is 10.8 Å². The van der Waals surface area contributed by atoms with E-state index in [1.165, 1.54) is 49.3 Å². The van der Waals surface area contributed by atoms with Gasteiger partial charge in [0.1, 0.15) is 0 Å². The van der Waals surface area contributed by atoms with Crippen LogP contribution >= 0.6 is 0 Å². The van der Waals surface area contributed by atoms with Gasteiger partial charge in [0.05, 0.1) is 0 Å². The molecule has 0 unspecified atom stereocenters. The molecule has 0 nitrogen and oxygen atoms in total. The summed E-state index contributed by atoms with van der Waals surface area (Å²) in [5, 5.41) is 2.54. The fourth-order valence-corrected chi connectivity index (χ4v) is 2.55. The molecule has 22 heavy (non-hydrogen) atoms. The summed E-state index contributed by atoms with van der Waals surface area (Å²) < 4.78 is 0. The minimum Gasteiger partial charge on any atom is -0.0937 e. The van der Waals surface area contributed by atoms with E-state index in [0.717, 1.165) is 12.0 Å². The minimum absolute atomic E-state index is 0.849. The Labute approximate surface area is 135 Å². The molecule has 114 valence electrons. The van der Waals surface area contributed by atoms with Crippen LogP contribution in [-0.2, 0) is 0 Å². The Morgan fingerprint density at radius 3 is 2.55 bits per heavy atom. The first-order valence-electron chi connectivity index (χ1n) is 8.53. The van der Waals surface area contributed by atoms with E-state index in [1.54, 1.807) is 0 Å². The Kier molecular flexibility index (Phi) is 7.33. The zero-order valence-corrected chi connectivity index (χ0v) is 13.6. The van der Waals surface area contributed by atoms with Crippen LogP contribution in [-0.4, -0.2) is 0 Å². The van der Waals surface area contributed by atoms with E-state index in [2.05, 4.69) is 73.4 Å². The molecule has 0 N–H and O–H groups in total. The molecule has 2 aromatic carbocycles. The van der Waals surface area contributed by atoms with Crippen molar-refractivity contribution in [3.8, 4) is 11.8 Å². The first-order chi connectivity index (χ1) is 10.9. The van der Waals surface area contributed by atoms with Crippen molar-refractivity contribution in [2.24, 2.45) is 0 Å². The maximum absolute atomic E-state index is 3.25. The second-order valence-corrected chi connectivity index (χ2v) is 5.74. The van der Waals surface area contributed by atoms with Gasteiger partial charge in [0.2, 0.25) is 0 Å². The second-order valence-electron chi connectivity index (χ2n) is 5.74. The van der Waals surface area contributed by atoms with Crippen molar-refractivity contribution in [1.29, 1.82) is 0 Å². The van der Waals surface area contributed by atoms with E-state index < -0.39 is 0 Å². The number of hydrogen-bond acceptors (Lipinski definition) is 0. The second kappa shape index (κ2) is 9.85. The van der Waals surface area contributed by atoms with Gasteiger partial charge in [0, 0.05) is 12.0 Å². The third kappa shape index (κ3) is 5.78. The highest BCUT2D eigenvalue weighted by atomic mass is 14.0. The van der Waals surface area contributed by atoms with Crippen LogP contribution in [0.5, 0.6) is 0 Å². The summed E-state index contributed by atoms with van der Waals surface area (Å²) in [7, 11) is 0. The van der Waals surface area contributed by atoms with Crippen LogP contribution in [0.3, 0.4) is 0 Å². The van der Waals surface area contributed by atoms with Crippen molar-refractivity contribution in [3.05, 3.63) is 60.2 Å². The number of unbranched alkanes of at least 4 members (excludes halogenated alkanes) is 5. The summed E-state index contributed by atoms with van der Waals surface area (Å²) in [4.78, 5) is 0. The Morgan fingerprint density at radius 1 is 0.864 bits per heavy atom. The highest BCUT2D eigenvalue weighted by Crippen LogP contribution is 2.14. The highest BCUT2D eigenvalue weighted by Gasteiger charge is 1.92. The molecular formula is C22H26. The number of fused-ring (bicyclic) bond motifs is 1. The summed E-state index contributed by atoms with van der Waals surface area (Å²) in [6.45, 7) is 2.26. The van der Waals surface area contributed by atoms with Gasteiger partial charge in [-0.1, -0.05) is 86.9 Å². The average molecular weight is 290 g/mol. The smallest absolute Gasteiger partial charge is 0.0273 e. The van der Waals surface area contributed by atoms with Crippen molar-refractivity contribution in [1.82, 2.24) is 0 Å². The molecule has 0 aromatic heterocycles. The topological polar surface area (TPSA) is 0 Å². The van der Waals surface area contributed by atoms with Gasteiger partial charge in [0.15, 0.2) is 0 Å². The summed E-state index contributed by atoms with van der Waals surface area (Å²) in [6.07, 6.45) is 13.3. The normalized spacial score (nSPS) is 10.8. The SMILES string of the molecule is CCCCCCC/C=C/CC#Cc1ccc2ccccc2c1. The van der Waals surface area contributed by atoms with Crippen molar-refractivity contribution in [2.75, 3.05) is 0 Å². The van der Waals surface area contributed by atoms with Gasteiger partial charge in [0.25, 0.3) is 0 Å². The molecule has 0 fully saturated rings. The monoisotopic (exact) mass is 290 g/mol. The van der Waals surface area contributed by atoms with Gasteiger partial charge < -0.3 is 0 Å². The molecular weight excluding hydrogens is 264 g/mol. The molecule has 0 aliphatic carbocycles. The molecule has 0 amide bonds. The van der Waals surface area contributed by atoms with E-state index in [9.17, 15) is 0 Å². The van der Waals surface area contributed by atoms with Gasteiger partial charge in [-0.3, -0.25) is 0 Å². The van der Waals surface area contributed by atoms with Crippen LogP contribution < -0.4 is 0 Å². The lowest BCUT2D eigenvalue weighted by atomic mass is 10.1. The van der Waals surface area contributed by atoms with E-state index >= 15 is 0 Å². The van der Waals surface area contributed by atoms with Crippen LogP contribution in [0, 0.1) is 11.8 Å². The molecule has 0 bridgehead atoms. The van der Waals surface area contributed by atoms with E-state index in [-0.39, 0.29) is 0 Å². The molecule has 2 aromatic rings. The molecule has 0 aliphatic rings. The summed E-state index contributed by atoms with van der Waals surface area (Å²) in [6, 6.07) is 14.8. The van der Waals surface area contributed by atoms with Gasteiger partial charge >= 0.3 is 0 Å². The van der Waals surface area contributed by atoms with Crippen LogP contribution in [0.2, 0.25) is 0 Å². The van der Waals surface area contributed by atoms with Crippen LogP contribution in [0.4, 0.5) is 0 Å². The lowest BCUT2D eigenvalue weighted by molar-refractivity contribution is 0.637. The maximum atomic E-state index is 3.25. The predicted octanol–water partition coefficient (Wildman–Crippen LogP) is 6.50. The van der Waals surface area contributed by atoms with Gasteiger partial charge in [-0.15, -0.1) is 0 Å². The lowest BCUT2D eigenvalue weighted by Crippen LogP contribution is -1.76. The first kappa shape index (κ1) is 16.4. The number of rotatable bonds is 7. The summed E-state index contributed by atoms with van der Waals surface area (Å²) >= 11 is 0. The van der Waals surface area contributed by atoms with Gasteiger partial charge in [-0.25, -0.2) is 0 Å². The Balaban J connectivity index is 1.73. The fourth-order valence-electron chi connectivity index (χ4n) is 2.55. The van der Waals surface area contributed by atoms with E-state index in [1.807, 2.05) is 0 Å². The van der Waals surface area contributed by atoms with Crippen molar-refractivity contribution in [3.63, 3.8) is 0 Å². The zero-order valence-electron chi connectivity index (χ0n) is 13.6. The minimum atomic E-state index is 0.849. The van der Waals surface area contributed by atoms with E-state index in [4.69, 9.17) is 0 Å². The third-order valence-electron chi connectivity index (χ3n) is 3.84. The first-order valence-corrected chi connectivity index (χ1v) is 8.53. The number of hydrogen-bond donors (Lipinski definition) is 0. The van der Waals surface area contributed by atoms with Crippen LogP contribution in [0.25, 0.3) is 10.8 Å². The number of benzene rings is 2. The Bertz CT molecular complexity index is 652. The van der Waals surface area contributed by atoms with Crippen molar-refractivity contribution in [2.45, 2.75) is 51.9 Å². The van der Waals surface area contributed by atoms with Crippen LogP contribution in [0.1, 0.15) is 57.4 Å². The molecule has 0 saturated carbocycles. The Hall–Kier alpha value is -2.00. The molecule has 0 spiro atoms. The molecule has 2 rings (SSSR count). The largest absolute Gasteiger partial charge is 0.0937 e. The number of allylic oxidation sites excluding steroid dienone is 2. The predicted molar refractivity (Wildman–Crippen MR) is 98.0 cm³/mol. The summed E-state index contributed by atoms with van der Waals surface area (Å²) in [5.74, 6) is 6.50. The molecule has 0 heterocycles. The molecule has 0 heteroatoms. The standard InChI is InChI=1S/C22H26/c1-2-3-4-5-6-7-8-9-10-11-14-20-17-18-21-15-12-13-16-22(21)19-20/h8-9,12-13,15-19H,2-7,10H2,1H3/b9-8+. The fraction of sp³-hybridized carbons (Fsp3) is 0.364. The van der Waals surface area contributed by atoms with Gasteiger partial charge in [-0.2, -0.15) is 0 Å². The summed E-state index contributed by atoms with van der Waals surface area (Å²) in [5.41, 5.74) is 1.10. The van der Waals surface area contributed by atoms with Gasteiger partial charge in [-0.05, 0) is 35.7 Å². The molecule has 0 saturated heterocycles. The Morgan fingerprint density at radius 2 is 1.68 bits per heavy atom. The molecule has 0 atom stereocenters. The third-order valence-corrected chi connectivity index (χ3v) is 3.84. The van der Waals surface area contributed by atoms with Crippen LogP contribution in [0.15, 0.2) is 54.6 Å². The molecule has 0 aliphatic heterocycles. The maximum Gasteiger partial charge on any atom is 0.0273 e. The zero-order chi connectivity index (χ0) is 15.5.